The standard InChI is InChI=1S/C14H15N3O/c1-18-11-4-2-10(3-5-11)8-14-12-9-16-17-13(12)6-7-15-14/h2-5,8-9,15H,6-7H2,1H3,(H,16,17). The van der Waals surface area contributed by atoms with Gasteiger partial charge in [0, 0.05) is 29.9 Å². The number of hydrogen-bond acceptors (Lipinski definition) is 3. The van der Waals surface area contributed by atoms with Crippen LogP contribution in [-0.4, -0.2) is 23.9 Å². The number of hydrogen-bond donors (Lipinski definition) is 2. The molecular formula is C14H15N3O. The third kappa shape index (κ3) is 1.97. The van der Waals surface area contributed by atoms with E-state index < -0.39 is 0 Å². The molecule has 18 heavy (non-hydrogen) atoms. The zero-order valence-electron chi connectivity index (χ0n) is 10.2. The molecule has 0 saturated heterocycles. The summed E-state index contributed by atoms with van der Waals surface area (Å²) in [6, 6.07) is 8.01. The van der Waals surface area contributed by atoms with Gasteiger partial charge in [0.05, 0.1) is 13.3 Å². The molecule has 2 N–H and O–H groups in total. The van der Waals surface area contributed by atoms with Gasteiger partial charge in [-0.2, -0.15) is 5.10 Å². The van der Waals surface area contributed by atoms with Gasteiger partial charge in [-0.25, -0.2) is 0 Å². The van der Waals surface area contributed by atoms with Crippen molar-refractivity contribution in [3.8, 4) is 5.75 Å². The van der Waals surface area contributed by atoms with E-state index in [4.69, 9.17) is 4.74 Å². The lowest BCUT2D eigenvalue weighted by Gasteiger charge is -2.16. The highest BCUT2D eigenvalue weighted by atomic mass is 16.5. The summed E-state index contributed by atoms with van der Waals surface area (Å²) < 4.78 is 5.15. The second kappa shape index (κ2) is 4.56. The number of ether oxygens (including phenoxy) is 1. The summed E-state index contributed by atoms with van der Waals surface area (Å²) in [7, 11) is 1.67. The van der Waals surface area contributed by atoms with Crippen LogP contribution in [0.3, 0.4) is 0 Å². The molecule has 1 aliphatic rings. The largest absolute Gasteiger partial charge is 0.497 e. The predicted molar refractivity (Wildman–Crippen MR) is 71.2 cm³/mol. The Morgan fingerprint density at radius 3 is 2.89 bits per heavy atom. The molecule has 0 saturated carbocycles. The number of nitrogens with one attached hydrogen (secondary N) is 2. The first-order chi connectivity index (χ1) is 8.86. The van der Waals surface area contributed by atoms with Crippen LogP contribution in [0.15, 0.2) is 30.5 Å². The van der Waals surface area contributed by atoms with Crippen molar-refractivity contribution < 1.29 is 4.74 Å². The van der Waals surface area contributed by atoms with Gasteiger partial charge in [-0.15, -0.1) is 0 Å². The Morgan fingerprint density at radius 2 is 2.11 bits per heavy atom. The van der Waals surface area contributed by atoms with Gasteiger partial charge >= 0.3 is 0 Å². The van der Waals surface area contributed by atoms with Gasteiger partial charge < -0.3 is 10.1 Å². The van der Waals surface area contributed by atoms with E-state index in [0.717, 1.165) is 35.5 Å². The Bertz CT molecular complexity index is 569. The van der Waals surface area contributed by atoms with Crippen molar-refractivity contribution in [1.82, 2.24) is 15.5 Å². The zero-order valence-corrected chi connectivity index (χ0v) is 10.2. The lowest BCUT2D eigenvalue weighted by Crippen LogP contribution is -2.21. The van der Waals surface area contributed by atoms with Gasteiger partial charge in [0.2, 0.25) is 0 Å². The van der Waals surface area contributed by atoms with Crippen molar-refractivity contribution in [3.05, 3.63) is 47.3 Å². The van der Waals surface area contributed by atoms with Crippen molar-refractivity contribution in [2.24, 2.45) is 0 Å². The van der Waals surface area contributed by atoms with E-state index >= 15 is 0 Å². The summed E-state index contributed by atoms with van der Waals surface area (Å²) in [6.45, 7) is 0.942. The molecule has 0 spiro atoms. The van der Waals surface area contributed by atoms with E-state index in [1.165, 1.54) is 5.69 Å². The quantitative estimate of drug-likeness (QED) is 0.846. The van der Waals surface area contributed by atoms with Crippen molar-refractivity contribution in [2.45, 2.75) is 6.42 Å². The van der Waals surface area contributed by atoms with Gasteiger partial charge in [-0.05, 0) is 23.8 Å². The Labute approximate surface area is 106 Å². The molecule has 0 fully saturated rings. The summed E-state index contributed by atoms with van der Waals surface area (Å²) in [5.41, 5.74) is 4.63. The third-order valence-electron chi connectivity index (χ3n) is 3.13. The summed E-state index contributed by atoms with van der Waals surface area (Å²) in [4.78, 5) is 0. The molecule has 1 aromatic heterocycles. The second-order valence-corrected chi connectivity index (χ2v) is 4.27. The van der Waals surface area contributed by atoms with Crippen LogP contribution in [0.25, 0.3) is 11.8 Å². The molecule has 0 unspecified atom stereocenters. The van der Waals surface area contributed by atoms with Crippen molar-refractivity contribution in [3.63, 3.8) is 0 Å². The molecule has 92 valence electrons. The van der Waals surface area contributed by atoms with Gasteiger partial charge in [0.1, 0.15) is 5.75 Å². The summed E-state index contributed by atoms with van der Waals surface area (Å²) in [6.07, 6.45) is 5.00. The molecule has 1 aromatic carbocycles. The van der Waals surface area contributed by atoms with Gasteiger partial charge in [0.15, 0.2) is 0 Å². The number of rotatable bonds is 2. The fourth-order valence-electron chi connectivity index (χ4n) is 2.15. The van der Waals surface area contributed by atoms with Gasteiger partial charge in [0.25, 0.3) is 0 Å². The Morgan fingerprint density at radius 1 is 1.28 bits per heavy atom. The molecule has 0 bridgehead atoms. The minimum atomic E-state index is 0.873. The third-order valence-corrected chi connectivity index (χ3v) is 3.13. The van der Waals surface area contributed by atoms with Crippen LogP contribution >= 0.6 is 0 Å². The maximum absolute atomic E-state index is 5.15. The van der Waals surface area contributed by atoms with Crippen LogP contribution in [0.4, 0.5) is 0 Å². The SMILES string of the molecule is COc1ccc(C=C2NCCc3[nH]ncc32)cc1. The lowest BCUT2D eigenvalue weighted by atomic mass is 10.0. The van der Waals surface area contributed by atoms with E-state index in [1.54, 1.807) is 7.11 Å². The number of nitrogens with zero attached hydrogens (tertiary/aromatic N) is 1. The zero-order chi connectivity index (χ0) is 12.4. The van der Waals surface area contributed by atoms with E-state index in [1.807, 2.05) is 30.5 Å². The Hall–Kier alpha value is -2.23. The van der Waals surface area contributed by atoms with Crippen molar-refractivity contribution in [1.29, 1.82) is 0 Å². The van der Waals surface area contributed by atoms with Crippen LogP contribution < -0.4 is 10.1 Å². The molecule has 0 aliphatic carbocycles. The van der Waals surface area contributed by atoms with Crippen LogP contribution in [-0.2, 0) is 6.42 Å². The number of aromatic amines is 1. The number of H-pyrrole nitrogens is 1. The Kier molecular flexibility index (Phi) is 2.76. The topological polar surface area (TPSA) is 49.9 Å². The number of methoxy groups -OCH3 is 1. The highest BCUT2D eigenvalue weighted by molar-refractivity contribution is 5.81. The molecule has 0 atom stereocenters. The molecule has 1 aliphatic heterocycles. The average molecular weight is 241 g/mol. The van der Waals surface area contributed by atoms with Gasteiger partial charge in [-0.3, -0.25) is 5.10 Å². The normalized spacial score (nSPS) is 16.2. The van der Waals surface area contributed by atoms with E-state index in [9.17, 15) is 0 Å². The second-order valence-electron chi connectivity index (χ2n) is 4.27. The summed E-state index contributed by atoms with van der Waals surface area (Å²) in [5.74, 6) is 0.873. The minimum absolute atomic E-state index is 0.873. The molecule has 0 radical (unpaired) electrons. The first kappa shape index (κ1) is 10.9. The summed E-state index contributed by atoms with van der Waals surface area (Å²) >= 11 is 0. The fourth-order valence-corrected chi connectivity index (χ4v) is 2.15. The smallest absolute Gasteiger partial charge is 0.118 e. The molecule has 4 nitrogen and oxygen atoms in total. The lowest BCUT2D eigenvalue weighted by molar-refractivity contribution is 0.415. The molecular weight excluding hydrogens is 226 g/mol. The van der Waals surface area contributed by atoms with Crippen LogP contribution in [0, 0.1) is 0 Å². The van der Waals surface area contributed by atoms with E-state index in [2.05, 4.69) is 21.6 Å². The van der Waals surface area contributed by atoms with E-state index in [0.29, 0.717) is 0 Å². The van der Waals surface area contributed by atoms with Crippen molar-refractivity contribution >= 4 is 11.8 Å². The monoisotopic (exact) mass is 241 g/mol. The number of aromatic nitrogens is 2. The van der Waals surface area contributed by atoms with Crippen LogP contribution in [0.5, 0.6) is 5.75 Å². The predicted octanol–water partition coefficient (Wildman–Crippen LogP) is 2.06. The van der Waals surface area contributed by atoms with Crippen LogP contribution in [0.1, 0.15) is 16.8 Å². The molecule has 4 heteroatoms. The summed E-state index contributed by atoms with van der Waals surface area (Å²) in [5, 5.41) is 10.5. The molecule has 0 amide bonds. The highest BCUT2D eigenvalue weighted by Crippen LogP contribution is 2.22. The number of fused-ring (bicyclic) bond motifs is 1. The van der Waals surface area contributed by atoms with Crippen molar-refractivity contribution in [2.75, 3.05) is 13.7 Å². The number of benzene rings is 1. The molecule has 2 heterocycles. The van der Waals surface area contributed by atoms with Crippen LogP contribution in [0.2, 0.25) is 0 Å². The maximum Gasteiger partial charge on any atom is 0.118 e. The fraction of sp³-hybridized carbons (Fsp3) is 0.214. The average Bonchev–Trinajstić information content (AvgIpc) is 2.89. The first-order valence-corrected chi connectivity index (χ1v) is 5.99. The highest BCUT2D eigenvalue weighted by Gasteiger charge is 2.14. The minimum Gasteiger partial charge on any atom is -0.497 e. The first-order valence-electron chi connectivity index (χ1n) is 5.99. The Balaban J connectivity index is 1.93. The van der Waals surface area contributed by atoms with Gasteiger partial charge in [-0.1, -0.05) is 12.1 Å². The molecule has 3 rings (SSSR count). The maximum atomic E-state index is 5.15. The molecule has 2 aromatic rings. The van der Waals surface area contributed by atoms with E-state index in [-0.39, 0.29) is 0 Å².